The van der Waals surface area contributed by atoms with E-state index < -0.39 is 0 Å². The van der Waals surface area contributed by atoms with Crippen molar-refractivity contribution >= 4 is 28.7 Å². The van der Waals surface area contributed by atoms with Crippen LogP contribution in [-0.2, 0) is 6.54 Å². The summed E-state index contributed by atoms with van der Waals surface area (Å²) in [6, 6.07) is 0. The van der Waals surface area contributed by atoms with Gasteiger partial charge in [0.15, 0.2) is 10.8 Å². The van der Waals surface area contributed by atoms with Gasteiger partial charge in [-0.3, -0.25) is 0 Å². The van der Waals surface area contributed by atoms with E-state index in [1.54, 1.807) is 6.33 Å². The van der Waals surface area contributed by atoms with Crippen LogP contribution in [-0.4, -0.2) is 19.5 Å². The second-order valence-corrected chi connectivity index (χ2v) is 3.68. The summed E-state index contributed by atoms with van der Waals surface area (Å²) >= 11 is 6.01. The van der Waals surface area contributed by atoms with Crippen molar-refractivity contribution in [2.45, 2.75) is 19.9 Å². The number of imidazole rings is 1. The summed E-state index contributed by atoms with van der Waals surface area (Å²) in [5.74, 6) is 0.145. The van der Waals surface area contributed by atoms with Crippen molar-refractivity contribution in [1.82, 2.24) is 19.5 Å². The Balaban J connectivity index is 2.44. The molecule has 2 aromatic rings. The molecule has 0 saturated heterocycles. The predicted octanol–water partition coefficient (Wildman–Crippen LogP) is 2.03. The molecule has 16 heavy (non-hydrogen) atoms. The van der Waals surface area contributed by atoms with Crippen molar-refractivity contribution in [1.29, 1.82) is 0 Å². The molecule has 2 rings (SSSR count). The van der Waals surface area contributed by atoms with Crippen LogP contribution in [0.15, 0.2) is 18.5 Å². The van der Waals surface area contributed by atoms with Crippen LogP contribution in [0, 0.1) is 0 Å². The summed E-state index contributed by atoms with van der Waals surface area (Å²) in [6.45, 7) is 2.79. The van der Waals surface area contributed by atoms with Gasteiger partial charge in [0.2, 0.25) is 5.95 Å². The van der Waals surface area contributed by atoms with Gasteiger partial charge in [0.05, 0.1) is 6.33 Å². The highest BCUT2D eigenvalue weighted by Crippen LogP contribution is 2.20. The molecule has 2 N–H and O–H groups in total. The molecule has 2 heterocycles. The number of nitrogens with zero attached hydrogens (tertiary/aromatic N) is 4. The van der Waals surface area contributed by atoms with Gasteiger partial charge < -0.3 is 10.3 Å². The lowest BCUT2D eigenvalue weighted by Gasteiger charge is -2.01. The van der Waals surface area contributed by atoms with Crippen molar-refractivity contribution in [3.63, 3.8) is 0 Å². The van der Waals surface area contributed by atoms with E-state index in [2.05, 4.69) is 28.0 Å². The predicted molar refractivity (Wildman–Crippen MR) is 64.2 cm³/mol. The van der Waals surface area contributed by atoms with E-state index in [4.69, 9.17) is 17.3 Å². The molecule has 6 heteroatoms. The minimum atomic E-state index is 0.145. The van der Waals surface area contributed by atoms with Crippen molar-refractivity contribution in [3.05, 3.63) is 23.6 Å². The maximum atomic E-state index is 6.01. The topological polar surface area (TPSA) is 69.6 Å². The van der Waals surface area contributed by atoms with E-state index >= 15 is 0 Å². The number of nitrogen functional groups attached to an aromatic ring is 1. The first-order chi connectivity index (χ1) is 7.72. The number of fused-ring (bicyclic) bond motifs is 1. The van der Waals surface area contributed by atoms with Gasteiger partial charge in [-0.2, -0.15) is 9.97 Å². The highest BCUT2D eigenvalue weighted by Gasteiger charge is 2.09. The lowest BCUT2D eigenvalue weighted by atomic mass is 10.4. The van der Waals surface area contributed by atoms with E-state index in [0.717, 1.165) is 11.9 Å². The lowest BCUT2D eigenvalue weighted by molar-refractivity contribution is 0.844. The van der Waals surface area contributed by atoms with Crippen LogP contribution in [0.1, 0.15) is 13.3 Å². The van der Waals surface area contributed by atoms with Crippen LogP contribution in [0.25, 0.3) is 11.2 Å². The molecule has 0 atom stereocenters. The van der Waals surface area contributed by atoms with Crippen LogP contribution in [0.5, 0.6) is 0 Å². The lowest BCUT2D eigenvalue weighted by Crippen LogP contribution is -1.98. The Bertz CT molecular complexity index is 531. The van der Waals surface area contributed by atoms with Gasteiger partial charge in [-0.05, 0) is 6.42 Å². The standard InChI is InChI=1S/C10H12ClN5/c1-2-3-4-5-16-6-13-9-7(16)8(11)14-10(12)15-9/h3-4,6H,2,5H2,1H3,(H2,12,14,15)/b4-3-. The van der Waals surface area contributed by atoms with Gasteiger partial charge in [0.1, 0.15) is 5.52 Å². The summed E-state index contributed by atoms with van der Waals surface area (Å²) in [5, 5.41) is 0.338. The molecule has 0 fully saturated rings. The molecule has 0 aliphatic carbocycles. The largest absolute Gasteiger partial charge is 0.368 e. The molecule has 2 aromatic heterocycles. The van der Waals surface area contributed by atoms with Crippen LogP contribution < -0.4 is 5.73 Å². The Hall–Kier alpha value is -1.62. The molecule has 0 aromatic carbocycles. The first-order valence-electron chi connectivity index (χ1n) is 5.01. The van der Waals surface area contributed by atoms with Crippen molar-refractivity contribution in [3.8, 4) is 0 Å². The third-order valence-corrected chi connectivity index (χ3v) is 2.41. The molecule has 0 spiro atoms. The number of anilines is 1. The van der Waals surface area contributed by atoms with E-state index in [1.807, 2.05) is 10.6 Å². The number of allylic oxidation sites excluding steroid dienone is 2. The van der Waals surface area contributed by atoms with Crippen LogP contribution in [0.4, 0.5) is 5.95 Å². The van der Waals surface area contributed by atoms with Crippen LogP contribution >= 0.6 is 11.6 Å². The molecule has 0 unspecified atom stereocenters. The van der Waals surface area contributed by atoms with Gasteiger partial charge in [0.25, 0.3) is 0 Å². The molecular weight excluding hydrogens is 226 g/mol. The number of halogens is 1. The van der Waals surface area contributed by atoms with Gasteiger partial charge in [-0.15, -0.1) is 0 Å². The molecular formula is C10H12ClN5. The maximum Gasteiger partial charge on any atom is 0.223 e. The third kappa shape index (κ3) is 1.99. The maximum absolute atomic E-state index is 6.01. The Morgan fingerprint density at radius 1 is 1.44 bits per heavy atom. The molecule has 5 nitrogen and oxygen atoms in total. The van der Waals surface area contributed by atoms with Gasteiger partial charge >= 0.3 is 0 Å². The number of aromatic nitrogens is 4. The summed E-state index contributed by atoms with van der Waals surface area (Å²) in [7, 11) is 0. The Kier molecular flexibility index (Phi) is 3.05. The number of hydrogen-bond donors (Lipinski definition) is 1. The monoisotopic (exact) mass is 237 g/mol. The third-order valence-electron chi connectivity index (χ3n) is 2.15. The zero-order chi connectivity index (χ0) is 11.5. The number of rotatable bonds is 3. The fourth-order valence-electron chi connectivity index (χ4n) is 1.44. The van der Waals surface area contributed by atoms with E-state index in [-0.39, 0.29) is 5.95 Å². The highest BCUT2D eigenvalue weighted by molar-refractivity contribution is 6.33. The average Bonchev–Trinajstić information content (AvgIpc) is 2.62. The summed E-state index contributed by atoms with van der Waals surface area (Å²) in [4.78, 5) is 12.1. The summed E-state index contributed by atoms with van der Waals surface area (Å²) < 4.78 is 1.89. The minimum absolute atomic E-state index is 0.145. The normalized spacial score (nSPS) is 11.6. The second kappa shape index (κ2) is 4.49. The van der Waals surface area contributed by atoms with Crippen LogP contribution in [0.3, 0.4) is 0 Å². The SMILES string of the molecule is CC/C=C\Cn1cnc2nc(N)nc(Cl)c21. The van der Waals surface area contributed by atoms with E-state index in [0.29, 0.717) is 17.3 Å². The van der Waals surface area contributed by atoms with Crippen LogP contribution in [0.2, 0.25) is 5.15 Å². The van der Waals surface area contributed by atoms with E-state index in [1.165, 1.54) is 0 Å². The van der Waals surface area contributed by atoms with Crippen molar-refractivity contribution in [2.75, 3.05) is 5.73 Å². The van der Waals surface area contributed by atoms with Gasteiger partial charge in [-0.1, -0.05) is 30.7 Å². The fourth-order valence-corrected chi connectivity index (χ4v) is 1.72. The van der Waals surface area contributed by atoms with Gasteiger partial charge in [-0.25, -0.2) is 4.98 Å². The fraction of sp³-hybridized carbons (Fsp3) is 0.300. The molecule has 84 valence electrons. The Morgan fingerprint density at radius 3 is 3.00 bits per heavy atom. The first-order valence-corrected chi connectivity index (χ1v) is 5.39. The highest BCUT2D eigenvalue weighted by atomic mass is 35.5. The number of hydrogen-bond acceptors (Lipinski definition) is 4. The van der Waals surface area contributed by atoms with Crippen molar-refractivity contribution < 1.29 is 0 Å². The van der Waals surface area contributed by atoms with Crippen molar-refractivity contribution in [2.24, 2.45) is 0 Å². The smallest absolute Gasteiger partial charge is 0.223 e. The average molecular weight is 238 g/mol. The first kappa shape index (κ1) is 10.9. The van der Waals surface area contributed by atoms with E-state index in [9.17, 15) is 0 Å². The molecule has 0 bridgehead atoms. The number of nitrogens with two attached hydrogens (primary N) is 1. The molecule has 0 aliphatic rings. The zero-order valence-electron chi connectivity index (χ0n) is 8.89. The molecule has 0 aliphatic heterocycles. The second-order valence-electron chi connectivity index (χ2n) is 3.32. The summed E-state index contributed by atoms with van der Waals surface area (Å²) in [5.41, 5.74) is 6.73. The summed E-state index contributed by atoms with van der Waals surface area (Å²) in [6.07, 6.45) is 6.82. The quantitative estimate of drug-likeness (QED) is 0.655. The Labute approximate surface area is 98.0 Å². The molecule has 0 radical (unpaired) electrons. The molecule has 0 saturated carbocycles. The Morgan fingerprint density at radius 2 is 2.25 bits per heavy atom. The molecule has 0 amide bonds. The zero-order valence-corrected chi connectivity index (χ0v) is 9.65. The minimum Gasteiger partial charge on any atom is -0.368 e. The van der Waals surface area contributed by atoms with Gasteiger partial charge in [0, 0.05) is 6.54 Å².